The topological polar surface area (TPSA) is 42.0 Å². The van der Waals surface area contributed by atoms with Gasteiger partial charge < -0.3 is 5.32 Å². The summed E-state index contributed by atoms with van der Waals surface area (Å²) < 4.78 is 1.06. The van der Waals surface area contributed by atoms with Crippen LogP contribution < -0.4 is 5.32 Å². The number of fused-ring (bicyclic) bond motifs is 1. The van der Waals surface area contributed by atoms with Crippen molar-refractivity contribution < 1.29 is 4.79 Å². The van der Waals surface area contributed by atoms with Gasteiger partial charge in [-0.3, -0.25) is 4.79 Å². The zero-order valence-corrected chi connectivity index (χ0v) is 16.8. The quantitative estimate of drug-likeness (QED) is 0.372. The van der Waals surface area contributed by atoms with E-state index in [0.29, 0.717) is 26.3 Å². The largest absolute Gasteiger partial charge is 0.321 e. The lowest BCUT2D eigenvalue weighted by atomic mass is 10.1. The number of halogens is 3. The zero-order valence-electron chi connectivity index (χ0n) is 13.7. The normalized spacial score (nSPS) is 10.9. The molecule has 0 atom stereocenters. The lowest BCUT2D eigenvalue weighted by Crippen LogP contribution is -2.13. The maximum absolute atomic E-state index is 12.7. The summed E-state index contributed by atoms with van der Waals surface area (Å²) in [6, 6.07) is 17.9. The first kappa shape index (κ1) is 18.3. The molecule has 4 rings (SSSR count). The molecular weight excluding hydrogens is 423 g/mol. The second-order valence-corrected chi connectivity index (χ2v) is 8.07. The van der Waals surface area contributed by atoms with Crippen molar-refractivity contribution in [2.75, 3.05) is 5.32 Å². The summed E-state index contributed by atoms with van der Waals surface area (Å²) in [6.07, 6.45) is 0. The maximum Gasteiger partial charge on any atom is 0.257 e. The van der Waals surface area contributed by atoms with Crippen LogP contribution in [0.25, 0.3) is 20.8 Å². The van der Waals surface area contributed by atoms with E-state index in [4.69, 9.17) is 34.8 Å². The number of carbonyl (C=O) groups is 1. The average Bonchev–Trinajstić information content (AvgIpc) is 3.09. The molecule has 3 nitrogen and oxygen atoms in total. The summed E-state index contributed by atoms with van der Waals surface area (Å²) in [5.74, 6) is -0.354. The zero-order chi connectivity index (χ0) is 19.0. The predicted octanol–water partition coefficient (Wildman–Crippen LogP) is 7.18. The van der Waals surface area contributed by atoms with Gasteiger partial charge in [-0.15, -0.1) is 11.3 Å². The number of rotatable bonds is 3. The summed E-state index contributed by atoms with van der Waals surface area (Å²) in [5.41, 5.74) is 2.54. The highest BCUT2D eigenvalue weighted by Crippen LogP contribution is 2.36. The lowest BCUT2D eigenvalue weighted by Gasteiger charge is -2.11. The molecule has 3 aromatic carbocycles. The van der Waals surface area contributed by atoms with Crippen LogP contribution in [0.4, 0.5) is 5.69 Å². The minimum atomic E-state index is -0.354. The molecule has 0 saturated heterocycles. The first-order chi connectivity index (χ1) is 13.0. The fraction of sp³-hybridized carbons (Fsp3) is 0. The van der Waals surface area contributed by atoms with E-state index < -0.39 is 0 Å². The number of hydrogen-bond acceptors (Lipinski definition) is 3. The highest BCUT2D eigenvalue weighted by atomic mass is 35.5. The Labute approximate surface area is 174 Å². The van der Waals surface area contributed by atoms with Crippen LogP contribution in [0.15, 0.2) is 60.7 Å². The minimum absolute atomic E-state index is 0.300. The van der Waals surface area contributed by atoms with E-state index >= 15 is 0 Å². The summed E-state index contributed by atoms with van der Waals surface area (Å²) in [7, 11) is 0. The Morgan fingerprint density at radius 3 is 2.48 bits per heavy atom. The van der Waals surface area contributed by atoms with Crippen molar-refractivity contribution in [1.29, 1.82) is 0 Å². The molecule has 0 aliphatic rings. The van der Waals surface area contributed by atoms with Gasteiger partial charge in [-0.05, 0) is 48.5 Å². The molecule has 0 unspecified atom stereocenters. The molecule has 7 heteroatoms. The van der Waals surface area contributed by atoms with Gasteiger partial charge >= 0.3 is 0 Å². The molecule has 0 fully saturated rings. The van der Waals surface area contributed by atoms with Crippen LogP contribution in [0, 0.1) is 0 Å². The minimum Gasteiger partial charge on any atom is -0.321 e. The van der Waals surface area contributed by atoms with Crippen molar-refractivity contribution in [2.45, 2.75) is 0 Å². The molecule has 0 bridgehead atoms. The van der Waals surface area contributed by atoms with Crippen molar-refractivity contribution in [2.24, 2.45) is 0 Å². The van der Waals surface area contributed by atoms with Gasteiger partial charge in [0.05, 0.1) is 26.5 Å². The van der Waals surface area contributed by atoms with E-state index in [1.807, 2.05) is 24.3 Å². The van der Waals surface area contributed by atoms with Crippen molar-refractivity contribution >= 4 is 68.0 Å². The summed E-state index contributed by atoms with van der Waals surface area (Å²) in [5, 5.41) is 4.98. The van der Waals surface area contributed by atoms with Gasteiger partial charge in [0.15, 0.2) is 0 Å². The maximum atomic E-state index is 12.7. The number of hydrogen-bond donors (Lipinski definition) is 1. The van der Waals surface area contributed by atoms with Crippen molar-refractivity contribution in [3.63, 3.8) is 0 Å². The van der Waals surface area contributed by atoms with Crippen molar-refractivity contribution in [3.05, 3.63) is 81.3 Å². The number of para-hydroxylation sites is 1. The molecule has 0 aliphatic carbocycles. The van der Waals surface area contributed by atoms with Gasteiger partial charge in [0, 0.05) is 15.6 Å². The third-order valence-corrected chi connectivity index (χ3v) is 5.80. The summed E-state index contributed by atoms with van der Waals surface area (Å²) in [6.45, 7) is 0. The molecule has 0 spiro atoms. The van der Waals surface area contributed by atoms with Crippen molar-refractivity contribution in [1.82, 2.24) is 4.98 Å². The lowest BCUT2D eigenvalue weighted by molar-refractivity contribution is 0.102. The van der Waals surface area contributed by atoms with E-state index in [0.717, 1.165) is 20.8 Å². The average molecular weight is 434 g/mol. The first-order valence-corrected chi connectivity index (χ1v) is 9.88. The SMILES string of the molecule is O=C(Nc1ccc(Cl)cc1-c1nc2ccccc2s1)c1cc(Cl)ccc1Cl. The highest BCUT2D eigenvalue weighted by molar-refractivity contribution is 7.21. The summed E-state index contributed by atoms with van der Waals surface area (Å²) in [4.78, 5) is 17.4. The standard InChI is InChI=1S/C20H11Cl3N2OS/c21-11-5-7-15(23)13(9-11)19(26)24-16-8-6-12(22)10-14(16)20-25-17-3-1-2-4-18(17)27-20/h1-10H,(H,24,26). The number of benzene rings is 3. The second-order valence-electron chi connectivity index (χ2n) is 5.75. The molecule has 1 aromatic heterocycles. The number of carbonyl (C=O) groups excluding carboxylic acids is 1. The molecule has 0 aliphatic heterocycles. The fourth-order valence-corrected chi connectivity index (χ4v) is 4.19. The first-order valence-electron chi connectivity index (χ1n) is 7.93. The van der Waals surface area contributed by atoms with E-state index in [2.05, 4.69) is 10.3 Å². The monoisotopic (exact) mass is 432 g/mol. The Kier molecular flexibility index (Phi) is 5.06. The van der Waals surface area contributed by atoms with Crippen LogP contribution in [0.3, 0.4) is 0 Å². The Morgan fingerprint density at radius 2 is 1.67 bits per heavy atom. The van der Waals surface area contributed by atoms with E-state index in [1.165, 1.54) is 17.4 Å². The summed E-state index contributed by atoms with van der Waals surface area (Å²) >= 11 is 19.9. The Bertz CT molecular complexity index is 1140. The van der Waals surface area contributed by atoms with E-state index in [-0.39, 0.29) is 5.91 Å². The number of nitrogens with one attached hydrogen (secondary N) is 1. The van der Waals surface area contributed by atoms with E-state index in [1.54, 1.807) is 30.3 Å². The molecule has 1 N–H and O–H groups in total. The number of anilines is 1. The van der Waals surface area contributed by atoms with E-state index in [9.17, 15) is 4.79 Å². The van der Waals surface area contributed by atoms with Crippen LogP contribution in [-0.2, 0) is 0 Å². The molecular formula is C20H11Cl3N2OS. The third-order valence-electron chi connectivity index (χ3n) is 3.93. The molecule has 0 radical (unpaired) electrons. The Hall–Kier alpha value is -2.11. The van der Waals surface area contributed by atoms with Gasteiger partial charge in [-0.25, -0.2) is 4.98 Å². The third kappa shape index (κ3) is 3.80. The highest BCUT2D eigenvalue weighted by Gasteiger charge is 2.16. The number of nitrogens with zero attached hydrogens (tertiary/aromatic N) is 1. The predicted molar refractivity (Wildman–Crippen MR) is 114 cm³/mol. The van der Waals surface area contributed by atoms with Gasteiger partial charge in [0.2, 0.25) is 0 Å². The van der Waals surface area contributed by atoms with Crippen LogP contribution in [0.1, 0.15) is 10.4 Å². The number of amides is 1. The Balaban J connectivity index is 1.75. The molecule has 1 heterocycles. The molecule has 0 saturated carbocycles. The molecule has 4 aromatic rings. The molecule has 27 heavy (non-hydrogen) atoms. The van der Waals surface area contributed by atoms with Gasteiger partial charge in [-0.2, -0.15) is 0 Å². The van der Waals surface area contributed by atoms with Crippen molar-refractivity contribution in [3.8, 4) is 10.6 Å². The van der Waals surface area contributed by atoms with Crippen LogP contribution >= 0.6 is 46.1 Å². The number of aromatic nitrogens is 1. The number of thiazole rings is 1. The fourth-order valence-electron chi connectivity index (χ4n) is 2.65. The van der Waals surface area contributed by atoms with Gasteiger partial charge in [0.25, 0.3) is 5.91 Å². The van der Waals surface area contributed by atoms with Gasteiger partial charge in [0.1, 0.15) is 5.01 Å². The van der Waals surface area contributed by atoms with Gasteiger partial charge in [-0.1, -0.05) is 46.9 Å². The molecule has 1 amide bonds. The van der Waals surface area contributed by atoms with Crippen LogP contribution in [-0.4, -0.2) is 10.9 Å². The van der Waals surface area contributed by atoms with Crippen LogP contribution in [0.2, 0.25) is 15.1 Å². The smallest absolute Gasteiger partial charge is 0.257 e. The Morgan fingerprint density at radius 1 is 0.926 bits per heavy atom. The molecule has 134 valence electrons. The second kappa shape index (κ2) is 7.49. The van der Waals surface area contributed by atoms with Crippen LogP contribution in [0.5, 0.6) is 0 Å².